The van der Waals surface area contributed by atoms with E-state index in [9.17, 15) is 0 Å². The molecular weight excluding hydrogens is 198 g/mol. The van der Waals surface area contributed by atoms with Crippen molar-refractivity contribution in [3.8, 4) is 11.4 Å². The Morgan fingerprint density at radius 3 is 2.57 bits per heavy atom. The van der Waals surface area contributed by atoms with Gasteiger partial charge in [0.1, 0.15) is 0 Å². The van der Waals surface area contributed by atoms with Crippen LogP contribution in [0.25, 0.3) is 11.4 Å². The molecule has 0 N–H and O–H groups in total. The van der Waals surface area contributed by atoms with Crippen molar-refractivity contribution in [2.45, 2.75) is 5.88 Å². The van der Waals surface area contributed by atoms with E-state index in [-0.39, 0.29) is 0 Å². The minimum absolute atomic E-state index is 0.348. The van der Waals surface area contributed by atoms with E-state index in [4.69, 9.17) is 11.6 Å². The molecular formula is C10H10ClN3. The first-order valence-electron chi connectivity index (χ1n) is 4.32. The van der Waals surface area contributed by atoms with E-state index in [1.807, 2.05) is 37.4 Å². The first-order chi connectivity index (χ1) is 6.81. The fourth-order valence-electron chi connectivity index (χ4n) is 1.33. The second-order valence-corrected chi connectivity index (χ2v) is 3.24. The summed E-state index contributed by atoms with van der Waals surface area (Å²) in [7, 11) is 1.87. The molecule has 2 rings (SSSR count). The molecule has 2 aromatic rings. The molecule has 1 heterocycles. The lowest BCUT2D eigenvalue weighted by Gasteiger charge is -1.97. The van der Waals surface area contributed by atoms with Crippen LogP contribution in [-0.2, 0) is 12.9 Å². The van der Waals surface area contributed by atoms with Gasteiger partial charge < -0.3 is 0 Å². The van der Waals surface area contributed by atoms with Crippen LogP contribution in [0.15, 0.2) is 30.3 Å². The molecule has 0 radical (unpaired) electrons. The van der Waals surface area contributed by atoms with Crippen LogP contribution in [-0.4, -0.2) is 14.8 Å². The average molecular weight is 208 g/mol. The molecule has 0 saturated carbocycles. The molecule has 0 aliphatic heterocycles. The SMILES string of the molecule is Cn1nc(CCl)nc1-c1ccccc1. The number of nitrogens with zero attached hydrogens (tertiary/aromatic N) is 3. The highest BCUT2D eigenvalue weighted by atomic mass is 35.5. The molecule has 0 spiro atoms. The Morgan fingerprint density at radius 1 is 1.29 bits per heavy atom. The van der Waals surface area contributed by atoms with E-state index in [0.29, 0.717) is 11.7 Å². The molecule has 0 unspecified atom stereocenters. The van der Waals surface area contributed by atoms with E-state index >= 15 is 0 Å². The topological polar surface area (TPSA) is 30.7 Å². The number of alkyl halides is 1. The number of hydrogen-bond acceptors (Lipinski definition) is 2. The number of hydrogen-bond donors (Lipinski definition) is 0. The molecule has 14 heavy (non-hydrogen) atoms. The highest BCUT2D eigenvalue weighted by Crippen LogP contribution is 2.15. The van der Waals surface area contributed by atoms with Gasteiger partial charge in [-0.15, -0.1) is 11.6 Å². The molecule has 0 aliphatic rings. The van der Waals surface area contributed by atoms with Gasteiger partial charge in [-0.3, -0.25) is 0 Å². The second-order valence-electron chi connectivity index (χ2n) is 2.97. The fraction of sp³-hybridized carbons (Fsp3) is 0.200. The van der Waals surface area contributed by atoms with Crippen molar-refractivity contribution in [1.29, 1.82) is 0 Å². The van der Waals surface area contributed by atoms with Gasteiger partial charge in [0.25, 0.3) is 0 Å². The van der Waals surface area contributed by atoms with Gasteiger partial charge in [-0.2, -0.15) is 5.10 Å². The van der Waals surface area contributed by atoms with Gasteiger partial charge in [0.15, 0.2) is 11.6 Å². The van der Waals surface area contributed by atoms with E-state index in [1.54, 1.807) is 4.68 Å². The van der Waals surface area contributed by atoms with Crippen LogP contribution in [0.2, 0.25) is 0 Å². The largest absolute Gasteiger partial charge is 0.249 e. The highest BCUT2D eigenvalue weighted by Gasteiger charge is 2.07. The summed E-state index contributed by atoms with van der Waals surface area (Å²) in [5, 5.41) is 4.18. The van der Waals surface area contributed by atoms with Crippen LogP contribution in [0.4, 0.5) is 0 Å². The van der Waals surface area contributed by atoms with Crippen LogP contribution in [0.5, 0.6) is 0 Å². The summed E-state index contributed by atoms with van der Waals surface area (Å²) in [4.78, 5) is 4.32. The number of halogens is 1. The second kappa shape index (κ2) is 3.80. The van der Waals surface area contributed by atoms with Crippen molar-refractivity contribution in [2.24, 2.45) is 7.05 Å². The lowest BCUT2D eigenvalue weighted by atomic mass is 10.2. The zero-order chi connectivity index (χ0) is 9.97. The van der Waals surface area contributed by atoms with Crippen LogP contribution in [0, 0.1) is 0 Å². The molecule has 0 fully saturated rings. The van der Waals surface area contributed by atoms with Gasteiger partial charge in [-0.05, 0) is 0 Å². The summed E-state index contributed by atoms with van der Waals surface area (Å²) in [6.07, 6.45) is 0. The van der Waals surface area contributed by atoms with Gasteiger partial charge in [0.05, 0.1) is 5.88 Å². The number of benzene rings is 1. The van der Waals surface area contributed by atoms with Crippen molar-refractivity contribution in [1.82, 2.24) is 14.8 Å². The summed E-state index contributed by atoms with van der Waals surface area (Å²) in [6.45, 7) is 0. The summed E-state index contributed by atoms with van der Waals surface area (Å²) in [6, 6.07) is 9.93. The van der Waals surface area contributed by atoms with Crippen LogP contribution in [0.1, 0.15) is 5.82 Å². The summed E-state index contributed by atoms with van der Waals surface area (Å²) in [5.41, 5.74) is 1.05. The zero-order valence-electron chi connectivity index (χ0n) is 7.81. The quantitative estimate of drug-likeness (QED) is 0.707. The maximum Gasteiger partial charge on any atom is 0.166 e. The van der Waals surface area contributed by atoms with Crippen molar-refractivity contribution in [3.63, 3.8) is 0 Å². The van der Waals surface area contributed by atoms with E-state index in [0.717, 1.165) is 11.4 Å². The molecule has 0 atom stereocenters. The van der Waals surface area contributed by atoms with E-state index < -0.39 is 0 Å². The molecule has 0 aliphatic carbocycles. The summed E-state index contributed by atoms with van der Waals surface area (Å²) >= 11 is 5.66. The number of aryl methyl sites for hydroxylation is 1. The normalized spacial score (nSPS) is 10.4. The number of rotatable bonds is 2. The Kier molecular flexibility index (Phi) is 2.50. The van der Waals surface area contributed by atoms with Crippen molar-refractivity contribution in [3.05, 3.63) is 36.2 Å². The van der Waals surface area contributed by atoms with Crippen LogP contribution >= 0.6 is 11.6 Å². The van der Waals surface area contributed by atoms with Crippen molar-refractivity contribution < 1.29 is 0 Å². The Morgan fingerprint density at radius 2 is 2.00 bits per heavy atom. The monoisotopic (exact) mass is 207 g/mol. The summed E-state index contributed by atoms with van der Waals surface area (Å²) in [5.74, 6) is 1.86. The minimum atomic E-state index is 0.348. The Balaban J connectivity index is 2.46. The Bertz CT molecular complexity index is 422. The molecule has 0 saturated heterocycles. The smallest absolute Gasteiger partial charge is 0.166 e. The third kappa shape index (κ3) is 1.63. The lowest BCUT2D eigenvalue weighted by molar-refractivity contribution is 0.761. The molecule has 4 heteroatoms. The Hall–Kier alpha value is -1.35. The molecule has 1 aromatic heterocycles. The maximum absolute atomic E-state index is 5.66. The van der Waals surface area contributed by atoms with Gasteiger partial charge in [-0.25, -0.2) is 9.67 Å². The molecule has 3 nitrogen and oxygen atoms in total. The third-order valence-electron chi connectivity index (χ3n) is 1.96. The zero-order valence-corrected chi connectivity index (χ0v) is 8.57. The molecule has 0 amide bonds. The first kappa shape index (κ1) is 9.21. The van der Waals surface area contributed by atoms with E-state index in [1.165, 1.54) is 0 Å². The predicted molar refractivity (Wildman–Crippen MR) is 56.0 cm³/mol. The van der Waals surface area contributed by atoms with Gasteiger partial charge in [0.2, 0.25) is 0 Å². The van der Waals surface area contributed by atoms with Crippen LogP contribution < -0.4 is 0 Å². The number of aromatic nitrogens is 3. The van der Waals surface area contributed by atoms with E-state index in [2.05, 4.69) is 10.1 Å². The predicted octanol–water partition coefficient (Wildman–Crippen LogP) is 2.22. The standard InChI is InChI=1S/C10H10ClN3/c1-14-10(12-9(7-11)13-14)8-5-3-2-4-6-8/h2-6H,7H2,1H3. The Labute approximate surface area is 87.3 Å². The lowest BCUT2D eigenvalue weighted by Crippen LogP contribution is -1.94. The van der Waals surface area contributed by atoms with Crippen molar-refractivity contribution >= 4 is 11.6 Å². The van der Waals surface area contributed by atoms with Gasteiger partial charge in [-0.1, -0.05) is 30.3 Å². The van der Waals surface area contributed by atoms with Gasteiger partial charge in [0, 0.05) is 12.6 Å². The molecule has 0 bridgehead atoms. The summed E-state index contributed by atoms with van der Waals surface area (Å²) < 4.78 is 1.74. The molecule has 72 valence electrons. The van der Waals surface area contributed by atoms with Crippen molar-refractivity contribution in [2.75, 3.05) is 0 Å². The minimum Gasteiger partial charge on any atom is -0.249 e. The highest BCUT2D eigenvalue weighted by molar-refractivity contribution is 6.16. The first-order valence-corrected chi connectivity index (χ1v) is 4.86. The third-order valence-corrected chi connectivity index (χ3v) is 2.20. The maximum atomic E-state index is 5.66. The fourth-order valence-corrected chi connectivity index (χ4v) is 1.45. The molecule has 1 aromatic carbocycles. The van der Waals surface area contributed by atoms with Gasteiger partial charge >= 0.3 is 0 Å². The average Bonchev–Trinajstić information content (AvgIpc) is 2.61. The van der Waals surface area contributed by atoms with Crippen LogP contribution in [0.3, 0.4) is 0 Å².